The summed E-state index contributed by atoms with van der Waals surface area (Å²) in [4.78, 5) is 4.79. The molecule has 1 saturated carbocycles. The fourth-order valence-electron chi connectivity index (χ4n) is 5.70. The lowest BCUT2D eigenvalue weighted by molar-refractivity contribution is -0.662. The highest BCUT2D eigenvalue weighted by Crippen LogP contribution is 2.50. The highest BCUT2D eigenvalue weighted by Gasteiger charge is 2.31. The standard InChI is InChI=1S/C27H27N2O/c1-16-20-10-6-7-11-21(20)17(2)27-24(16)26-25-22(28-15-29(26)3)13-19(14-23(25)30-27)12-18-8-4-5-9-18/h6-7,10-11,13-15,18H,4-5,8-9,12H2,1-3H3/q+1. The Kier molecular flexibility index (Phi) is 3.89. The van der Waals surface area contributed by atoms with Gasteiger partial charge in [-0.05, 0) is 65.2 Å². The lowest BCUT2D eigenvalue weighted by Crippen LogP contribution is -2.33. The van der Waals surface area contributed by atoms with Gasteiger partial charge in [-0.15, -0.1) is 0 Å². The molecule has 150 valence electrons. The maximum absolute atomic E-state index is 6.68. The quantitative estimate of drug-likeness (QED) is 0.326. The Balaban J connectivity index is 1.64. The maximum atomic E-state index is 6.68. The number of ether oxygens (including phenoxy) is 1. The van der Waals surface area contributed by atoms with Crippen molar-refractivity contribution in [2.45, 2.75) is 46.0 Å². The van der Waals surface area contributed by atoms with Gasteiger partial charge >= 0.3 is 0 Å². The molecule has 3 nitrogen and oxygen atoms in total. The second-order valence-electron chi connectivity index (χ2n) is 9.15. The third kappa shape index (κ3) is 2.51. The summed E-state index contributed by atoms with van der Waals surface area (Å²) in [6, 6.07) is 13.2. The van der Waals surface area contributed by atoms with E-state index in [4.69, 9.17) is 9.72 Å². The fourth-order valence-corrected chi connectivity index (χ4v) is 5.70. The molecule has 4 aromatic rings. The van der Waals surface area contributed by atoms with Gasteiger partial charge in [0, 0.05) is 5.56 Å². The van der Waals surface area contributed by atoms with E-state index in [2.05, 4.69) is 61.9 Å². The van der Waals surface area contributed by atoms with Crippen LogP contribution < -0.4 is 9.30 Å². The summed E-state index contributed by atoms with van der Waals surface area (Å²) in [6.45, 7) is 4.40. The van der Waals surface area contributed by atoms with Gasteiger partial charge in [-0.1, -0.05) is 49.9 Å². The first-order valence-corrected chi connectivity index (χ1v) is 11.1. The molecule has 2 heterocycles. The first-order chi connectivity index (χ1) is 14.6. The van der Waals surface area contributed by atoms with Gasteiger partial charge in [-0.3, -0.25) is 0 Å². The normalized spacial score (nSPS) is 15.6. The third-order valence-corrected chi connectivity index (χ3v) is 7.23. The van der Waals surface area contributed by atoms with E-state index in [0.717, 1.165) is 34.7 Å². The Bertz CT molecular complexity index is 1330. The smallest absolute Gasteiger partial charge is 0.287 e. The molecule has 1 aliphatic heterocycles. The molecule has 0 radical (unpaired) electrons. The topological polar surface area (TPSA) is 26.0 Å². The Labute approximate surface area is 177 Å². The van der Waals surface area contributed by atoms with Crippen LogP contribution in [0.25, 0.3) is 32.9 Å². The van der Waals surface area contributed by atoms with E-state index in [1.165, 1.54) is 64.4 Å². The molecular formula is C27H27N2O+. The summed E-state index contributed by atoms with van der Waals surface area (Å²) in [5.41, 5.74) is 7.31. The van der Waals surface area contributed by atoms with Crippen LogP contribution in [0.15, 0.2) is 42.7 Å². The number of benzene rings is 3. The van der Waals surface area contributed by atoms with Gasteiger partial charge in [-0.2, -0.15) is 0 Å². The molecule has 1 fully saturated rings. The van der Waals surface area contributed by atoms with Crippen molar-refractivity contribution in [3.05, 3.63) is 59.4 Å². The minimum Gasteiger partial charge on any atom is -0.455 e. The average Bonchev–Trinajstić information content (AvgIpc) is 3.27. The van der Waals surface area contributed by atoms with Gasteiger partial charge in [0.1, 0.15) is 16.9 Å². The van der Waals surface area contributed by atoms with Crippen molar-refractivity contribution in [2.75, 3.05) is 0 Å². The molecule has 0 spiro atoms. The maximum Gasteiger partial charge on any atom is 0.287 e. The third-order valence-electron chi connectivity index (χ3n) is 7.23. The Hall–Kier alpha value is -2.94. The van der Waals surface area contributed by atoms with Crippen molar-refractivity contribution < 1.29 is 9.30 Å². The summed E-state index contributed by atoms with van der Waals surface area (Å²) in [6.07, 6.45) is 8.54. The van der Waals surface area contributed by atoms with Crippen LogP contribution in [-0.2, 0) is 13.5 Å². The fraction of sp³-hybridized carbons (Fsp3) is 0.333. The van der Waals surface area contributed by atoms with E-state index >= 15 is 0 Å². The SMILES string of the molecule is Cc1c2c(c(C)c3ccccc13)-c1c3c(cc(CC4CCCC4)cc3nc[n+]1C)O2. The molecule has 2 aliphatic rings. The van der Waals surface area contributed by atoms with Crippen molar-refractivity contribution in [1.29, 1.82) is 0 Å². The lowest BCUT2D eigenvalue weighted by atomic mass is 9.89. The average molecular weight is 396 g/mol. The summed E-state index contributed by atoms with van der Waals surface area (Å²) in [7, 11) is 2.09. The van der Waals surface area contributed by atoms with Crippen molar-refractivity contribution in [1.82, 2.24) is 4.98 Å². The zero-order valence-electron chi connectivity index (χ0n) is 18.0. The van der Waals surface area contributed by atoms with Crippen LogP contribution in [0.1, 0.15) is 42.4 Å². The molecule has 1 aliphatic carbocycles. The highest BCUT2D eigenvalue weighted by atomic mass is 16.5. The van der Waals surface area contributed by atoms with Crippen molar-refractivity contribution >= 4 is 21.7 Å². The van der Waals surface area contributed by atoms with Gasteiger partial charge < -0.3 is 4.74 Å². The van der Waals surface area contributed by atoms with E-state index in [1.807, 2.05) is 6.33 Å². The van der Waals surface area contributed by atoms with Crippen LogP contribution in [0.4, 0.5) is 0 Å². The first kappa shape index (κ1) is 17.9. The van der Waals surface area contributed by atoms with Crippen molar-refractivity contribution in [3.8, 4) is 22.8 Å². The predicted molar refractivity (Wildman–Crippen MR) is 121 cm³/mol. The van der Waals surface area contributed by atoms with E-state index in [0.29, 0.717) is 0 Å². The van der Waals surface area contributed by atoms with Gasteiger partial charge in [0.15, 0.2) is 11.2 Å². The molecule has 0 bridgehead atoms. The zero-order valence-corrected chi connectivity index (χ0v) is 18.0. The number of nitrogens with zero attached hydrogens (tertiary/aromatic N) is 2. The van der Waals surface area contributed by atoms with Crippen LogP contribution in [0.5, 0.6) is 11.5 Å². The first-order valence-electron chi connectivity index (χ1n) is 11.1. The Morgan fingerprint density at radius 3 is 2.53 bits per heavy atom. The molecule has 0 atom stereocenters. The van der Waals surface area contributed by atoms with Crippen LogP contribution in [0, 0.1) is 19.8 Å². The van der Waals surface area contributed by atoms with E-state index in [9.17, 15) is 0 Å². The molecule has 0 amide bonds. The summed E-state index contributed by atoms with van der Waals surface area (Å²) in [5.74, 6) is 2.77. The van der Waals surface area contributed by atoms with Gasteiger partial charge in [0.2, 0.25) is 0 Å². The van der Waals surface area contributed by atoms with Crippen LogP contribution in [0.3, 0.4) is 0 Å². The van der Waals surface area contributed by atoms with Crippen LogP contribution in [-0.4, -0.2) is 4.98 Å². The number of aryl methyl sites for hydroxylation is 3. The predicted octanol–water partition coefficient (Wildman–Crippen LogP) is 6.33. The summed E-state index contributed by atoms with van der Waals surface area (Å²) < 4.78 is 8.83. The van der Waals surface area contributed by atoms with Crippen molar-refractivity contribution in [2.24, 2.45) is 13.0 Å². The summed E-state index contributed by atoms with van der Waals surface area (Å²) in [5, 5.41) is 3.70. The lowest BCUT2D eigenvalue weighted by Gasteiger charge is -2.25. The van der Waals surface area contributed by atoms with Gasteiger partial charge in [0.05, 0.1) is 12.6 Å². The minimum absolute atomic E-state index is 0.803. The molecule has 3 heteroatoms. The molecular weight excluding hydrogens is 368 g/mol. The molecule has 0 N–H and O–H groups in total. The van der Waals surface area contributed by atoms with Gasteiger partial charge in [-0.25, -0.2) is 4.57 Å². The Morgan fingerprint density at radius 2 is 1.77 bits per heavy atom. The van der Waals surface area contributed by atoms with E-state index in [-0.39, 0.29) is 0 Å². The number of hydrogen-bond donors (Lipinski definition) is 0. The number of rotatable bonds is 2. The van der Waals surface area contributed by atoms with Crippen LogP contribution in [0.2, 0.25) is 0 Å². The second kappa shape index (κ2) is 6.53. The molecule has 3 aromatic carbocycles. The molecule has 0 saturated heterocycles. The largest absolute Gasteiger partial charge is 0.455 e. The Morgan fingerprint density at radius 1 is 1.03 bits per heavy atom. The zero-order chi connectivity index (χ0) is 20.4. The molecule has 6 rings (SSSR count). The second-order valence-corrected chi connectivity index (χ2v) is 9.15. The van der Waals surface area contributed by atoms with E-state index in [1.54, 1.807) is 0 Å². The van der Waals surface area contributed by atoms with E-state index < -0.39 is 0 Å². The molecule has 0 unspecified atom stereocenters. The number of aromatic nitrogens is 2. The highest BCUT2D eigenvalue weighted by molar-refractivity contribution is 6.05. The van der Waals surface area contributed by atoms with Crippen molar-refractivity contribution in [3.63, 3.8) is 0 Å². The minimum atomic E-state index is 0.803. The summed E-state index contributed by atoms with van der Waals surface area (Å²) >= 11 is 0. The van der Waals surface area contributed by atoms with Gasteiger partial charge in [0.25, 0.3) is 6.33 Å². The number of fused-ring (bicyclic) bond motifs is 3. The molecule has 1 aromatic heterocycles. The molecule has 30 heavy (non-hydrogen) atoms. The van der Waals surface area contributed by atoms with Crippen LogP contribution >= 0.6 is 0 Å². The number of hydrogen-bond acceptors (Lipinski definition) is 2. The monoisotopic (exact) mass is 395 g/mol.